The fraction of sp³-hybridized carbons (Fsp3) is 0.562. The molecule has 2 amide bonds. The van der Waals surface area contributed by atoms with Gasteiger partial charge in [-0.05, 0) is 24.3 Å². The summed E-state index contributed by atoms with van der Waals surface area (Å²) in [5, 5.41) is 3.18. The van der Waals surface area contributed by atoms with Crippen LogP contribution in [-0.2, 0) is 6.54 Å². The number of amides is 2. The first-order valence-corrected chi connectivity index (χ1v) is 7.22. The van der Waals surface area contributed by atoms with Crippen molar-refractivity contribution < 1.29 is 4.79 Å². The van der Waals surface area contributed by atoms with E-state index >= 15 is 0 Å². The van der Waals surface area contributed by atoms with Crippen molar-refractivity contribution in [3.05, 3.63) is 35.9 Å². The van der Waals surface area contributed by atoms with Crippen LogP contribution in [0.1, 0.15) is 38.2 Å². The van der Waals surface area contributed by atoms with Gasteiger partial charge in [-0.25, -0.2) is 4.79 Å². The number of urea groups is 1. The fourth-order valence-electron chi connectivity index (χ4n) is 2.73. The largest absolute Gasteiger partial charge is 0.335 e. The van der Waals surface area contributed by atoms with Gasteiger partial charge in [-0.2, -0.15) is 0 Å². The van der Waals surface area contributed by atoms with Crippen molar-refractivity contribution in [3.63, 3.8) is 0 Å². The molecule has 1 aliphatic rings. The van der Waals surface area contributed by atoms with E-state index in [2.05, 4.69) is 12.2 Å². The molecular formula is C16H24N2O. The average molecular weight is 260 g/mol. The van der Waals surface area contributed by atoms with Gasteiger partial charge >= 0.3 is 6.03 Å². The first-order chi connectivity index (χ1) is 9.16. The summed E-state index contributed by atoms with van der Waals surface area (Å²) in [7, 11) is 1.86. The highest BCUT2D eigenvalue weighted by Gasteiger charge is 2.23. The Morgan fingerprint density at radius 3 is 2.63 bits per heavy atom. The third-order valence-electron chi connectivity index (χ3n) is 4.03. The normalized spacial score (nSPS) is 22.8. The molecule has 1 fully saturated rings. The Bertz CT molecular complexity index is 404. The van der Waals surface area contributed by atoms with Crippen molar-refractivity contribution in [2.24, 2.45) is 5.92 Å². The Morgan fingerprint density at radius 2 is 1.95 bits per heavy atom. The molecule has 2 atom stereocenters. The summed E-state index contributed by atoms with van der Waals surface area (Å²) in [5.41, 5.74) is 1.16. The van der Waals surface area contributed by atoms with Gasteiger partial charge in [0, 0.05) is 19.6 Å². The third kappa shape index (κ3) is 3.98. The predicted octanol–water partition coefficient (Wildman–Crippen LogP) is 3.41. The van der Waals surface area contributed by atoms with Gasteiger partial charge in [-0.15, -0.1) is 0 Å². The van der Waals surface area contributed by atoms with Crippen molar-refractivity contribution in [3.8, 4) is 0 Å². The number of nitrogens with zero attached hydrogens (tertiary/aromatic N) is 1. The standard InChI is InChI=1S/C16H24N2O/c1-13-8-6-7-11-15(13)17-16(19)18(2)12-14-9-4-3-5-10-14/h3-5,9-10,13,15H,6-8,11-12H2,1-2H3,(H,17,19)/t13-,15+/m0/s1. The second-order valence-electron chi connectivity index (χ2n) is 5.66. The molecular weight excluding hydrogens is 236 g/mol. The maximum absolute atomic E-state index is 12.2. The van der Waals surface area contributed by atoms with E-state index in [4.69, 9.17) is 0 Å². The molecule has 3 nitrogen and oxygen atoms in total. The molecule has 0 aromatic heterocycles. The van der Waals surface area contributed by atoms with Gasteiger partial charge in [0.1, 0.15) is 0 Å². The van der Waals surface area contributed by atoms with Gasteiger partial charge in [0.15, 0.2) is 0 Å². The Morgan fingerprint density at radius 1 is 1.26 bits per heavy atom. The van der Waals surface area contributed by atoms with E-state index in [0.29, 0.717) is 18.5 Å². The highest BCUT2D eigenvalue weighted by molar-refractivity contribution is 5.74. The zero-order valence-corrected chi connectivity index (χ0v) is 11.9. The molecule has 0 aliphatic heterocycles. The Kier molecular flexibility index (Phi) is 4.83. The van der Waals surface area contributed by atoms with Crippen LogP contribution < -0.4 is 5.32 Å². The minimum absolute atomic E-state index is 0.0441. The van der Waals surface area contributed by atoms with Crippen LogP contribution in [0, 0.1) is 5.92 Å². The Balaban J connectivity index is 1.85. The molecule has 0 unspecified atom stereocenters. The molecule has 0 saturated heterocycles. The number of hydrogen-bond donors (Lipinski definition) is 1. The lowest BCUT2D eigenvalue weighted by Crippen LogP contribution is -2.46. The maximum Gasteiger partial charge on any atom is 0.317 e. The monoisotopic (exact) mass is 260 g/mol. The lowest BCUT2D eigenvalue weighted by Gasteiger charge is -2.31. The van der Waals surface area contributed by atoms with Crippen LogP contribution in [0.5, 0.6) is 0 Å². The summed E-state index contributed by atoms with van der Waals surface area (Å²) in [5.74, 6) is 0.600. The summed E-state index contributed by atoms with van der Waals surface area (Å²) < 4.78 is 0. The third-order valence-corrected chi connectivity index (χ3v) is 4.03. The van der Waals surface area contributed by atoms with E-state index in [1.54, 1.807) is 4.90 Å². The van der Waals surface area contributed by atoms with E-state index in [0.717, 1.165) is 12.0 Å². The van der Waals surface area contributed by atoms with Gasteiger partial charge in [0.05, 0.1) is 0 Å². The maximum atomic E-state index is 12.2. The van der Waals surface area contributed by atoms with Crippen LogP contribution in [0.2, 0.25) is 0 Å². The number of rotatable bonds is 3. The lowest BCUT2D eigenvalue weighted by atomic mass is 9.86. The SMILES string of the molecule is C[C@H]1CCCC[C@H]1NC(=O)N(C)Cc1ccccc1. The molecule has 1 saturated carbocycles. The summed E-state index contributed by atoms with van der Waals surface area (Å²) in [6.45, 7) is 2.90. The first-order valence-electron chi connectivity index (χ1n) is 7.22. The van der Waals surface area contributed by atoms with E-state index in [1.807, 2.05) is 37.4 Å². The molecule has 0 radical (unpaired) electrons. The zero-order valence-electron chi connectivity index (χ0n) is 11.9. The average Bonchev–Trinajstić information content (AvgIpc) is 2.42. The molecule has 1 aromatic carbocycles. The van der Waals surface area contributed by atoms with Crippen LogP contribution in [0.4, 0.5) is 4.79 Å². The van der Waals surface area contributed by atoms with Crippen LogP contribution in [-0.4, -0.2) is 24.0 Å². The number of nitrogens with one attached hydrogen (secondary N) is 1. The molecule has 1 N–H and O–H groups in total. The highest BCUT2D eigenvalue weighted by atomic mass is 16.2. The van der Waals surface area contributed by atoms with Gasteiger partial charge in [-0.1, -0.05) is 50.1 Å². The Labute approximate surface area is 116 Å². The molecule has 1 aliphatic carbocycles. The van der Waals surface area contributed by atoms with Crippen molar-refractivity contribution in [2.45, 2.75) is 45.2 Å². The van der Waals surface area contributed by atoms with E-state index < -0.39 is 0 Å². The number of benzene rings is 1. The van der Waals surface area contributed by atoms with E-state index in [-0.39, 0.29) is 6.03 Å². The molecule has 1 aromatic rings. The molecule has 0 spiro atoms. The summed E-state index contributed by atoms with van der Waals surface area (Å²) in [4.78, 5) is 13.9. The number of carbonyl (C=O) groups is 1. The predicted molar refractivity (Wildman–Crippen MR) is 77.9 cm³/mol. The molecule has 3 heteroatoms. The minimum Gasteiger partial charge on any atom is -0.335 e. The fourth-order valence-corrected chi connectivity index (χ4v) is 2.73. The van der Waals surface area contributed by atoms with Crippen molar-refractivity contribution >= 4 is 6.03 Å². The van der Waals surface area contributed by atoms with E-state index in [1.165, 1.54) is 19.3 Å². The van der Waals surface area contributed by atoms with Gasteiger partial charge in [0.25, 0.3) is 0 Å². The summed E-state index contributed by atoms with van der Waals surface area (Å²) in [6.07, 6.45) is 4.88. The molecule has 104 valence electrons. The van der Waals surface area contributed by atoms with Crippen LogP contribution in [0.3, 0.4) is 0 Å². The van der Waals surface area contributed by atoms with Gasteiger partial charge in [-0.3, -0.25) is 0 Å². The zero-order chi connectivity index (χ0) is 13.7. The van der Waals surface area contributed by atoms with Crippen molar-refractivity contribution in [1.82, 2.24) is 10.2 Å². The van der Waals surface area contributed by atoms with Crippen LogP contribution in [0.15, 0.2) is 30.3 Å². The Hall–Kier alpha value is -1.51. The number of hydrogen-bond acceptors (Lipinski definition) is 1. The van der Waals surface area contributed by atoms with E-state index in [9.17, 15) is 4.79 Å². The van der Waals surface area contributed by atoms with Crippen LogP contribution in [0.25, 0.3) is 0 Å². The first kappa shape index (κ1) is 13.9. The number of carbonyl (C=O) groups excluding carboxylic acids is 1. The summed E-state index contributed by atoms with van der Waals surface area (Å²) in [6, 6.07) is 10.5. The minimum atomic E-state index is 0.0441. The molecule has 0 bridgehead atoms. The topological polar surface area (TPSA) is 32.3 Å². The second kappa shape index (κ2) is 6.60. The van der Waals surface area contributed by atoms with Gasteiger partial charge < -0.3 is 10.2 Å². The highest BCUT2D eigenvalue weighted by Crippen LogP contribution is 2.23. The van der Waals surface area contributed by atoms with Crippen LogP contribution >= 0.6 is 0 Å². The quantitative estimate of drug-likeness (QED) is 0.887. The van der Waals surface area contributed by atoms with Gasteiger partial charge in [0.2, 0.25) is 0 Å². The smallest absolute Gasteiger partial charge is 0.317 e. The second-order valence-corrected chi connectivity index (χ2v) is 5.66. The molecule has 19 heavy (non-hydrogen) atoms. The van der Waals surface area contributed by atoms with Crippen molar-refractivity contribution in [2.75, 3.05) is 7.05 Å². The van der Waals surface area contributed by atoms with Crippen molar-refractivity contribution in [1.29, 1.82) is 0 Å². The summed E-state index contributed by atoms with van der Waals surface area (Å²) >= 11 is 0. The lowest BCUT2D eigenvalue weighted by molar-refractivity contribution is 0.190. The molecule has 0 heterocycles. The molecule has 2 rings (SSSR count).